The summed E-state index contributed by atoms with van der Waals surface area (Å²) in [6.45, 7) is 3.81. The molecule has 1 unspecified atom stereocenters. The van der Waals surface area contributed by atoms with Gasteiger partial charge in [-0.2, -0.15) is 0 Å². The van der Waals surface area contributed by atoms with Crippen LogP contribution in [0.5, 0.6) is 5.75 Å². The molecule has 0 fully saturated rings. The second kappa shape index (κ2) is 8.14. The van der Waals surface area contributed by atoms with Gasteiger partial charge in [0, 0.05) is 5.69 Å². The number of unbranched alkanes of at least 4 members (excludes halogenated alkanes) is 1. The van der Waals surface area contributed by atoms with Gasteiger partial charge in [0.1, 0.15) is 11.8 Å². The van der Waals surface area contributed by atoms with Crippen LogP contribution in [-0.4, -0.2) is 30.3 Å². The van der Waals surface area contributed by atoms with Crippen LogP contribution in [-0.2, 0) is 4.79 Å². The first-order chi connectivity index (χ1) is 9.97. The van der Waals surface area contributed by atoms with Crippen molar-refractivity contribution in [1.29, 1.82) is 0 Å². The van der Waals surface area contributed by atoms with Gasteiger partial charge >= 0.3 is 12.0 Å². The standard InChI is InChI=1S/C15H22N2O4/c1-4-5-6-13(14(18)19)17-15(20)16-12-8-7-11(21-3)9-10(12)2/h7-9,13H,4-6H2,1-3H3,(H,18,19)(H2,16,17,20). The number of ether oxygens (including phenoxy) is 1. The Morgan fingerprint density at radius 2 is 2.10 bits per heavy atom. The Morgan fingerprint density at radius 3 is 2.62 bits per heavy atom. The molecule has 0 heterocycles. The number of anilines is 1. The Hall–Kier alpha value is -2.24. The molecule has 116 valence electrons. The van der Waals surface area contributed by atoms with Gasteiger partial charge < -0.3 is 20.5 Å². The van der Waals surface area contributed by atoms with Crippen LogP contribution in [0.1, 0.15) is 31.7 Å². The van der Waals surface area contributed by atoms with Crippen molar-refractivity contribution in [3.05, 3.63) is 23.8 Å². The first kappa shape index (κ1) is 16.8. The smallest absolute Gasteiger partial charge is 0.326 e. The number of amides is 2. The highest BCUT2D eigenvalue weighted by Gasteiger charge is 2.19. The molecule has 0 aromatic heterocycles. The number of carbonyl (C=O) groups excluding carboxylic acids is 1. The molecule has 0 saturated carbocycles. The minimum atomic E-state index is -1.02. The van der Waals surface area contributed by atoms with Gasteiger partial charge in [-0.15, -0.1) is 0 Å². The maximum Gasteiger partial charge on any atom is 0.326 e. The lowest BCUT2D eigenvalue weighted by molar-refractivity contribution is -0.139. The van der Waals surface area contributed by atoms with Crippen molar-refractivity contribution in [1.82, 2.24) is 5.32 Å². The molecule has 1 aromatic rings. The Balaban J connectivity index is 2.65. The molecule has 0 radical (unpaired) electrons. The van der Waals surface area contributed by atoms with Crippen LogP contribution in [0.25, 0.3) is 0 Å². The monoisotopic (exact) mass is 294 g/mol. The summed E-state index contributed by atoms with van der Waals surface area (Å²) in [5, 5.41) is 14.2. The fraction of sp³-hybridized carbons (Fsp3) is 0.467. The van der Waals surface area contributed by atoms with E-state index in [0.717, 1.165) is 18.4 Å². The third-order valence-electron chi connectivity index (χ3n) is 3.13. The molecular formula is C15H22N2O4. The quantitative estimate of drug-likeness (QED) is 0.721. The summed E-state index contributed by atoms with van der Waals surface area (Å²) < 4.78 is 5.09. The molecule has 1 aromatic carbocycles. The Bertz CT molecular complexity index is 502. The lowest BCUT2D eigenvalue weighted by Gasteiger charge is -2.16. The van der Waals surface area contributed by atoms with Gasteiger partial charge in [0.05, 0.1) is 7.11 Å². The third kappa shape index (κ3) is 5.33. The molecule has 0 aliphatic heterocycles. The number of aliphatic carboxylic acids is 1. The number of aryl methyl sites for hydroxylation is 1. The summed E-state index contributed by atoms with van der Waals surface area (Å²) in [5.74, 6) is -0.324. The molecule has 0 spiro atoms. The van der Waals surface area contributed by atoms with Crippen molar-refractivity contribution in [2.75, 3.05) is 12.4 Å². The largest absolute Gasteiger partial charge is 0.497 e. The number of carbonyl (C=O) groups is 2. The van der Waals surface area contributed by atoms with Gasteiger partial charge in [0.2, 0.25) is 0 Å². The number of carboxylic acids is 1. The molecule has 0 aliphatic rings. The fourth-order valence-electron chi connectivity index (χ4n) is 1.89. The van der Waals surface area contributed by atoms with E-state index in [2.05, 4.69) is 10.6 Å². The predicted octanol–water partition coefficient (Wildman–Crippen LogP) is 2.77. The second-order valence-electron chi connectivity index (χ2n) is 4.81. The first-order valence-electron chi connectivity index (χ1n) is 6.92. The lowest BCUT2D eigenvalue weighted by Crippen LogP contribution is -2.43. The molecule has 0 saturated heterocycles. The maximum atomic E-state index is 11.9. The number of hydrogen-bond acceptors (Lipinski definition) is 3. The van der Waals surface area contributed by atoms with Gasteiger partial charge in [-0.05, 0) is 37.1 Å². The third-order valence-corrected chi connectivity index (χ3v) is 3.13. The molecule has 21 heavy (non-hydrogen) atoms. The SMILES string of the molecule is CCCCC(NC(=O)Nc1ccc(OC)cc1C)C(=O)O. The van der Waals surface area contributed by atoms with Crippen LogP contribution in [0.3, 0.4) is 0 Å². The molecule has 6 nitrogen and oxygen atoms in total. The van der Waals surface area contributed by atoms with Crippen molar-refractivity contribution >= 4 is 17.7 Å². The highest BCUT2D eigenvalue weighted by atomic mass is 16.5. The fourth-order valence-corrected chi connectivity index (χ4v) is 1.89. The zero-order chi connectivity index (χ0) is 15.8. The minimum Gasteiger partial charge on any atom is -0.497 e. The summed E-state index contributed by atoms with van der Waals surface area (Å²) in [6, 6.07) is 3.85. The van der Waals surface area contributed by atoms with Gasteiger partial charge in [-0.3, -0.25) is 0 Å². The molecule has 0 aliphatic carbocycles. The number of rotatable bonds is 7. The second-order valence-corrected chi connectivity index (χ2v) is 4.81. The Kier molecular flexibility index (Phi) is 6.52. The molecule has 3 N–H and O–H groups in total. The van der Waals surface area contributed by atoms with Crippen molar-refractivity contribution in [2.45, 2.75) is 39.2 Å². The number of nitrogens with one attached hydrogen (secondary N) is 2. The van der Waals surface area contributed by atoms with Gasteiger partial charge in [-0.1, -0.05) is 19.8 Å². The van der Waals surface area contributed by atoms with Crippen molar-refractivity contribution < 1.29 is 19.4 Å². The molecule has 1 atom stereocenters. The first-order valence-corrected chi connectivity index (χ1v) is 6.92. The number of urea groups is 1. The molecule has 2 amide bonds. The number of methoxy groups -OCH3 is 1. The lowest BCUT2D eigenvalue weighted by atomic mass is 10.1. The highest BCUT2D eigenvalue weighted by molar-refractivity contribution is 5.92. The molecule has 6 heteroatoms. The van der Waals surface area contributed by atoms with E-state index in [1.54, 1.807) is 25.3 Å². The van der Waals surface area contributed by atoms with Crippen molar-refractivity contribution in [2.24, 2.45) is 0 Å². The number of carboxylic acid groups (broad SMARTS) is 1. The van der Waals surface area contributed by atoms with Crippen LogP contribution in [0.4, 0.5) is 10.5 Å². The van der Waals surface area contributed by atoms with Crippen LogP contribution < -0.4 is 15.4 Å². The van der Waals surface area contributed by atoms with Gasteiger partial charge in [0.15, 0.2) is 0 Å². The van der Waals surface area contributed by atoms with Crippen LogP contribution in [0.15, 0.2) is 18.2 Å². The average Bonchev–Trinajstić information content (AvgIpc) is 2.45. The van der Waals surface area contributed by atoms with E-state index in [9.17, 15) is 9.59 Å². The Morgan fingerprint density at radius 1 is 1.38 bits per heavy atom. The summed E-state index contributed by atoms with van der Waals surface area (Å²) >= 11 is 0. The van der Waals surface area contributed by atoms with Crippen LogP contribution in [0, 0.1) is 6.92 Å². The predicted molar refractivity (Wildman–Crippen MR) is 80.8 cm³/mol. The van der Waals surface area contributed by atoms with Crippen LogP contribution >= 0.6 is 0 Å². The summed E-state index contributed by atoms with van der Waals surface area (Å²) in [7, 11) is 1.57. The summed E-state index contributed by atoms with van der Waals surface area (Å²) in [4.78, 5) is 23.0. The van der Waals surface area contributed by atoms with Crippen molar-refractivity contribution in [3.63, 3.8) is 0 Å². The van der Waals surface area contributed by atoms with E-state index in [0.29, 0.717) is 17.9 Å². The molecule has 1 rings (SSSR count). The topological polar surface area (TPSA) is 87.7 Å². The Labute approximate surface area is 124 Å². The zero-order valence-corrected chi connectivity index (χ0v) is 12.6. The summed E-state index contributed by atoms with van der Waals surface area (Å²) in [5.41, 5.74) is 1.46. The van der Waals surface area contributed by atoms with Gasteiger partial charge in [0.25, 0.3) is 0 Å². The summed E-state index contributed by atoms with van der Waals surface area (Å²) in [6.07, 6.45) is 2.05. The van der Waals surface area contributed by atoms with E-state index < -0.39 is 18.0 Å². The molecule has 0 bridgehead atoms. The van der Waals surface area contributed by atoms with Gasteiger partial charge in [-0.25, -0.2) is 9.59 Å². The van der Waals surface area contributed by atoms with Crippen molar-refractivity contribution in [3.8, 4) is 5.75 Å². The molecular weight excluding hydrogens is 272 g/mol. The van der Waals surface area contributed by atoms with E-state index in [1.807, 2.05) is 13.8 Å². The minimum absolute atomic E-state index is 0.418. The number of benzene rings is 1. The highest BCUT2D eigenvalue weighted by Crippen LogP contribution is 2.20. The van der Waals surface area contributed by atoms with E-state index in [4.69, 9.17) is 9.84 Å². The average molecular weight is 294 g/mol. The maximum absolute atomic E-state index is 11.9. The number of hydrogen-bond donors (Lipinski definition) is 3. The van der Waals surface area contributed by atoms with E-state index in [-0.39, 0.29) is 0 Å². The zero-order valence-electron chi connectivity index (χ0n) is 12.6. The van der Waals surface area contributed by atoms with E-state index >= 15 is 0 Å². The van der Waals surface area contributed by atoms with Crippen LogP contribution in [0.2, 0.25) is 0 Å². The van der Waals surface area contributed by atoms with E-state index in [1.165, 1.54) is 0 Å². The normalized spacial score (nSPS) is 11.6.